The van der Waals surface area contributed by atoms with E-state index in [0.717, 1.165) is 19.0 Å². The maximum absolute atomic E-state index is 3.48. The number of hydrogen-bond acceptors (Lipinski definition) is 1. The lowest BCUT2D eigenvalue weighted by Crippen LogP contribution is -2.51. The summed E-state index contributed by atoms with van der Waals surface area (Å²) in [5.74, 6) is 0.904. The van der Waals surface area contributed by atoms with Gasteiger partial charge in [-0.15, -0.1) is 0 Å². The molecule has 1 saturated carbocycles. The molecule has 0 heterocycles. The molecule has 0 aromatic rings. The molecule has 0 saturated heterocycles. The fraction of sp³-hybridized carbons (Fsp3) is 1.00. The zero-order chi connectivity index (χ0) is 10.1. The van der Waals surface area contributed by atoms with Crippen LogP contribution in [-0.4, -0.2) is 13.1 Å². The third-order valence-corrected chi connectivity index (χ3v) is 4.55. The molecular formula is C12H25N. The first kappa shape index (κ1) is 11.0. The summed E-state index contributed by atoms with van der Waals surface area (Å²) in [5.41, 5.74) is 1.01. The molecule has 2 unspecified atom stereocenters. The summed E-state index contributed by atoms with van der Waals surface area (Å²) in [6, 6.07) is 0. The minimum atomic E-state index is 0.445. The minimum Gasteiger partial charge on any atom is -0.316 e. The van der Waals surface area contributed by atoms with Crippen LogP contribution in [0.1, 0.15) is 47.5 Å². The molecule has 1 aliphatic carbocycles. The standard InChI is InChI=1S/C12H25N/c1-6-13-9-11(3,4)12(5)8-7-10(12)2/h10,13H,6-9H2,1-5H3. The Morgan fingerprint density at radius 2 is 2.08 bits per heavy atom. The third kappa shape index (κ3) is 1.76. The van der Waals surface area contributed by atoms with Crippen molar-refractivity contribution in [2.45, 2.75) is 47.5 Å². The highest BCUT2D eigenvalue weighted by Gasteiger charge is 2.49. The van der Waals surface area contributed by atoms with Crippen molar-refractivity contribution in [3.63, 3.8) is 0 Å². The predicted octanol–water partition coefficient (Wildman–Crippen LogP) is 3.06. The van der Waals surface area contributed by atoms with Crippen molar-refractivity contribution in [3.8, 4) is 0 Å². The Morgan fingerprint density at radius 1 is 1.46 bits per heavy atom. The molecule has 0 spiro atoms. The Kier molecular flexibility index (Phi) is 3.06. The molecule has 0 bridgehead atoms. The summed E-state index contributed by atoms with van der Waals surface area (Å²) in [4.78, 5) is 0. The zero-order valence-corrected chi connectivity index (χ0v) is 9.91. The number of hydrogen-bond donors (Lipinski definition) is 1. The SMILES string of the molecule is CCNCC(C)(C)C1(C)CCC1C. The van der Waals surface area contributed by atoms with Crippen LogP contribution < -0.4 is 5.32 Å². The average Bonchev–Trinajstić information content (AvgIpc) is 2.10. The average molecular weight is 183 g/mol. The minimum absolute atomic E-state index is 0.445. The monoisotopic (exact) mass is 183 g/mol. The molecule has 0 radical (unpaired) electrons. The van der Waals surface area contributed by atoms with Gasteiger partial charge >= 0.3 is 0 Å². The molecule has 1 N–H and O–H groups in total. The lowest BCUT2D eigenvalue weighted by atomic mass is 9.50. The van der Waals surface area contributed by atoms with Crippen molar-refractivity contribution in [3.05, 3.63) is 0 Å². The van der Waals surface area contributed by atoms with Crippen molar-refractivity contribution in [1.82, 2.24) is 5.32 Å². The maximum Gasteiger partial charge on any atom is 0.000771 e. The van der Waals surface area contributed by atoms with Crippen molar-refractivity contribution in [2.24, 2.45) is 16.7 Å². The van der Waals surface area contributed by atoms with Gasteiger partial charge in [0, 0.05) is 6.54 Å². The van der Waals surface area contributed by atoms with Crippen LogP contribution in [0.15, 0.2) is 0 Å². The van der Waals surface area contributed by atoms with Gasteiger partial charge < -0.3 is 5.32 Å². The van der Waals surface area contributed by atoms with Gasteiger partial charge in [0.25, 0.3) is 0 Å². The molecule has 1 fully saturated rings. The third-order valence-electron chi connectivity index (χ3n) is 4.55. The molecule has 0 aliphatic heterocycles. The fourth-order valence-electron chi connectivity index (χ4n) is 2.51. The molecule has 1 rings (SSSR count). The van der Waals surface area contributed by atoms with Crippen LogP contribution >= 0.6 is 0 Å². The number of rotatable bonds is 4. The van der Waals surface area contributed by atoms with E-state index in [0.29, 0.717) is 10.8 Å². The Balaban J connectivity index is 2.57. The lowest BCUT2D eigenvalue weighted by molar-refractivity contribution is -0.0559. The second kappa shape index (κ2) is 3.61. The van der Waals surface area contributed by atoms with E-state index in [1.807, 2.05) is 0 Å². The summed E-state index contributed by atoms with van der Waals surface area (Å²) in [5, 5.41) is 3.48. The van der Waals surface area contributed by atoms with E-state index in [-0.39, 0.29) is 0 Å². The predicted molar refractivity (Wildman–Crippen MR) is 58.8 cm³/mol. The summed E-state index contributed by atoms with van der Waals surface area (Å²) < 4.78 is 0. The van der Waals surface area contributed by atoms with Gasteiger partial charge in [0.05, 0.1) is 0 Å². The topological polar surface area (TPSA) is 12.0 Å². The van der Waals surface area contributed by atoms with Gasteiger partial charge in [0.2, 0.25) is 0 Å². The van der Waals surface area contributed by atoms with Crippen LogP contribution in [0.25, 0.3) is 0 Å². The van der Waals surface area contributed by atoms with E-state index in [2.05, 4.69) is 39.9 Å². The van der Waals surface area contributed by atoms with Gasteiger partial charge in [-0.25, -0.2) is 0 Å². The normalized spacial score (nSPS) is 34.4. The molecular weight excluding hydrogens is 158 g/mol. The molecule has 0 aromatic heterocycles. The van der Waals surface area contributed by atoms with Crippen LogP contribution in [0, 0.1) is 16.7 Å². The van der Waals surface area contributed by atoms with Gasteiger partial charge in [-0.3, -0.25) is 0 Å². The van der Waals surface area contributed by atoms with Crippen molar-refractivity contribution in [1.29, 1.82) is 0 Å². The molecule has 78 valence electrons. The Labute approximate surface area is 83.3 Å². The molecule has 1 heteroatoms. The Hall–Kier alpha value is -0.0400. The quantitative estimate of drug-likeness (QED) is 0.706. The van der Waals surface area contributed by atoms with Crippen LogP contribution in [0.5, 0.6) is 0 Å². The van der Waals surface area contributed by atoms with Crippen molar-refractivity contribution >= 4 is 0 Å². The van der Waals surface area contributed by atoms with Crippen LogP contribution in [-0.2, 0) is 0 Å². The highest BCUT2D eigenvalue weighted by atomic mass is 14.9. The fourth-order valence-corrected chi connectivity index (χ4v) is 2.51. The Morgan fingerprint density at radius 3 is 2.38 bits per heavy atom. The second-order valence-electron chi connectivity index (χ2n) is 5.52. The van der Waals surface area contributed by atoms with E-state index in [1.165, 1.54) is 12.8 Å². The largest absolute Gasteiger partial charge is 0.316 e. The second-order valence-corrected chi connectivity index (χ2v) is 5.52. The van der Waals surface area contributed by atoms with Crippen molar-refractivity contribution in [2.75, 3.05) is 13.1 Å². The number of nitrogens with one attached hydrogen (secondary N) is 1. The highest BCUT2D eigenvalue weighted by molar-refractivity contribution is 5.00. The molecule has 1 nitrogen and oxygen atoms in total. The molecule has 13 heavy (non-hydrogen) atoms. The first-order valence-electron chi connectivity index (χ1n) is 5.65. The summed E-state index contributed by atoms with van der Waals surface area (Å²) in [6.45, 7) is 14.1. The molecule has 2 atom stereocenters. The van der Waals surface area contributed by atoms with Crippen LogP contribution in [0.2, 0.25) is 0 Å². The summed E-state index contributed by atoms with van der Waals surface area (Å²) in [7, 11) is 0. The van der Waals surface area contributed by atoms with E-state index in [9.17, 15) is 0 Å². The van der Waals surface area contributed by atoms with Gasteiger partial charge in [-0.2, -0.15) is 0 Å². The van der Waals surface area contributed by atoms with Gasteiger partial charge in [0.15, 0.2) is 0 Å². The first-order chi connectivity index (χ1) is 5.94. The van der Waals surface area contributed by atoms with E-state index in [1.54, 1.807) is 0 Å². The van der Waals surface area contributed by atoms with Crippen LogP contribution in [0.4, 0.5) is 0 Å². The van der Waals surface area contributed by atoms with Crippen molar-refractivity contribution < 1.29 is 0 Å². The first-order valence-corrected chi connectivity index (χ1v) is 5.65. The van der Waals surface area contributed by atoms with E-state index in [4.69, 9.17) is 0 Å². The highest BCUT2D eigenvalue weighted by Crippen LogP contribution is 2.56. The maximum atomic E-state index is 3.48. The summed E-state index contributed by atoms with van der Waals surface area (Å²) >= 11 is 0. The van der Waals surface area contributed by atoms with Gasteiger partial charge in [0.1, 0.15) is 0 Å². The zero-order valence-electron chi connectivity index (χ0n) is 9.91. The van der Waals surface area contributed by atoms with E-state index >= 15 is 0 Å². The summed E-state index contributed by atoms with van der Waals surface area (Å²) in [6.07, 6.45) is 2.83. The lowest BCUT2D eigenvalue weighted by Gasteiger charge is -2.56. The van der Waals surface area contributed by atoms with Gasteiger partial charge in [-0.05, 0) is 36.1 Å². The van der Waals surface area contributed by atoms with Gasteiger partial charge in [-0.1, -0.05) is 34.6 Å². The molecule has 1 aliphatic rings. The van der Waals surface area contributed by atoms with E-state index < -0.39 is 0 Å². The smallest absolute Gasteiger partial charge is 0.000771 e. The Bertz CT molecular complexity index is 174. The molecule has 0 aromatic carbocycles. The molecule has 0 amide bonds. The van der Waals surface area contributed by atoms with Crippen LogP contribution in [0.3, 0.4) is 0 Å².